The summed E-state index contributed by atoms with van der Waals surface area (Å²) in [6.07, 6.45) is -0.101. The van der Waals surface area contributed by atoms with Gasteiger partial charge in [0.25, 0.3) is 0 Å². The summed E-state index contributed by atoms with van der Waals surface area (Å²) < 4.78 is 36.8. The molecular weight excluding hydrogens is 270 g/mol. The van der Waals surface area contributed by atoms with Gasteiger partial charge in [0.15, 0.2) is 11.5 Å². The van der Waals surface area contributed by atoms with Crippen LogP contribution in [-0.2, 0) is 10.0 Å². The average Bonchev–Trinajstić information content (AvgIpc) is 2.85. The molecule has 1 saturated heterocycles. The van der Waals surface area contributed by atoms with Crippen LogP contribution in [-0.4, -0.2) is 50.2 Å². The largest absolute Gasteiger partial charge is 0.486 e. The highest BCUT2D eigenvalue weighted by molar-refractivity contribution is 7.89. The van der Waals surface area contributed by atoms with Crippen LogP contribution < -0.4 is 9.47 Å². The molecule has 2 aliphatic rings. The number of aliphatic hydroxyl groups excluding tert-OH is 1. The van der Waals surface area contributed by atoms with Gasteiger partial charge in [-0.15, -0.1) is 0 Å². The number of hydrogen-bond donors (Lipinski definition) is 1. The third-order valence-corrected chi connectivity index (χ3v) is 5.14. The minimum absolute atomic E-state index is 0.150. The van der Waals surface area contributed by atoms with E-state index in [1.54, 1.807) is 6.07 Å². The van der Waals surface area contributed by atoms with Gasteiger partial charge in [-0.1, -0.05) is 0 Å². The minimum atomic E-state index is -3.57. The highest BCUT2D eigenvalue weighted by atomic mass is 32.2. The van der Waals surface area contributed by atoms with E-state index in [1.165, 1.54) is 16.4 Å². The molecule has 0 amide bonds. The highest BCUT2D eigenvalue weighted by Crippen LogP contribution is 2.33. The van der Waals surface area contributed by atoms with Gasteiger partial charge in [-0.2, -0.15) is 4.31 Å². The van der Waals surface area contributed by atoms with Crippen molar-refractivity contribution in [1.82, 2.24) is 4.31 Å². The van der Waals surface area contributed by atoms with E-state index in [0.717, 1.165) is 0 Å². The summed E-state index contributed by atoms with van der Waals surface area (Å²) >= 11 is 0. The molecule has 0 aromatic heterocycles. The first-order chi connectivity index (χ1) is 9.07. The van der Waals surface area contributed by atoms with Gasteiger partial charge in [-0.3, -0.25) is 0 Å². The van der Waals surface area contributed by atoms with E-state index in [4.69, 9.17) is 9.47 Å². The molecule has 0 saturated carbocycles. The van der Waals surface area contributed by atoms with Crippen LogP contribution in [0.3, 0.4) is 0 Å². The molecule has 0 unspecified atom stereocenters. The Balaban J connectivity index is 1.93. The Labute approximate surface area is 111 Å². The Morgan fingerprint density at radius 2 is 1.95 bits per heavy atom. The molecule has 104 valence electrons. The van der Waals surface area contributed by atoms with E-state index in [9.17, 15) is 13.5 Å². The number of rotatable bonds is 2. The third-order valence-electron chi connectivity index (χ3n) is 3.28. The van der Waals surface area contributed by atoms with Crippen molar-refractivity contribution in [2.45, 2.75) is 17.4 Å². The Morgan fingerprint density at radius 1 is 1.21 bits per heavy atom. The van der Waals surface area contributed by atoms with Crippen molar-refractivity contribution in [1.29, 1.82) is 0 Å². The van der Waals surface area contributed by atoms with Gasteiger partial charge in [0.1, 0.15) is 13.2 Å². The van der Waals surface area contributed by atoms with E-state index in [-0.39, 0.29) is 11.4 Å². The van der Waals surface area contributed by atoms with Gasteiger partial charge in [-0.05, 0) is 18.6 Å². The SMILES string of the molecule is O=S(=O)(c1ccc2c(c1)OCCO2)N1CC[C@H](O)C1. The monoisotopic (exact) mass is 285 g/mol. The maximum atomic E-state index is 12.4. The van der Waals surface area contributed by atoms with E-state index in [0.29, 0.717) is 37.7 Å². The van der Waals surface area contributed by atoms with Gasteiger partial charge in [0, 0.05) is 19.2 Å². The first-order valence-electron chi connectivity index (χ1n) is 6.15. The van der Waals surface area contributed by atoms with Crippen LogP contribution in [0.5, 0.6) is 11.5 Å². The summed E-state index contributed by atoms with van der Waals surface area (Å²) in [5.74, 6) is 1.01. The van der Waals surface area contributed by atoms with E-state index < -0.39 is 16.1 Å². The van der Waals surface area contributed by atoms with Crippen LogP contribution in [0.15, 0.2) is 23.1 Å². The lowest BCUT2D eigenvalue weighted by Crippen LogP contribution is -2.29. The molecule has 1 N–H and O–H groups in total. The Kier molecular flexibility index (Phi) is 3.12. The van der Waals surface area contributed by atoms with Crippen LogP contribution in [0.25, 0.3) is 0 Å². The second kappa shape index (κ2) is 4.66. The molecule has 6 nitrogen and oxygen atoms in total. The van der Waals surface area contributed by atoms with Gasteiger partial charge >= 0.3 is 0 Å². The molecule has 1 fully saturated rings. The molecule has 1 atom stereocenters. The molecule has 0 bridgehead atoms. The van der Waals surface area contributed by atoms with Crippen molar-refractivity contribution in [3.05, 3.63) is 18.2 Å². The lowest BCUT2D eigenvalue weighted by Gasteiger charge is -2.20. The molecular formula is C12H15NO5S. The molecule has 3 rings (SSSR count). The minimum Gasteiger partial charge on any atom is -0.486 e. The smallest absolute Gasteiger partial charge is 0.243 e. The summed E-state index contributed by atoms with van der Waals surface area (Å²) in [5, 5.41) is 9.45. The fourth-order valence-electron chi connectivity index (χ4n) is 2.26. The molecule has 0 spiro atoms. The van der Waals surface area contributed by atoms with Crippen LogP contribution in [0.4, 0.5) is 0 Å². The molecule has 2 aliphatic heterocycles. The molecule has 1 aromatic rings. The molecule has 2 heterocycles. The third kappa shape index (κ3) is 2.29. The topological polar surface area (TPSA) is 76.1 Å². The number of hydrogen-bond acceptors (Lipinski definition) is 5. The molecule has 19 heavy (non-hydrogen) atoms. The Morgan fingerprint density at radius 3 is 2.63 bits per heavy atom. The van der Waals surface area contributed by atoms with E-state index >= 15 is 0 Å². The molecule has 0 aliphatic carbocycles. The summed E-state index contributed by atoms with van der Waals surface area (Å²) in [6.45, 7) is 1.38. The second-order valence-electron chi connectivity index (χ2n) is 4.61. The van der Waals surface area contributed by atoms with Gasteiger partial charge < -0.3 is 14.6 Å². The first kappa shape index (κ1) is 12.7. The lowest BCUT2D eigenvalue weighted by molar-refractivity contribution is 0.171. The van der Waals surface area contributed by atoms with E-state index in [2.05, 4.69) is 0 Å². The highest BCUT2D eigenvalue weighted by Gasteiger charge is 2.32. The van der Waals surface area contributed by atoms with Crippen LogP contribution in [0, 0.1) is 0 Å². The standard InChI is InChI=1S/C12H15NO5S/c14-9-3-4-13(8-9)19(15,16)10-1-2-11-12(7-10)18-6-5-17-11/h1-2,7,9,14H,3-6,8H2/t9-/m0/s1. The predicted octanol–water partition coefficient (Wildman–Crippen LogP) is 0.213. The summed E-state index contributed by atoms with van der Waals surface area (Å²) in [7, 11) is -3.57. The maximum absolute atomic E-state index is 12.4. The molecule has 1 aromatic carbocycles. The quantitative estimate of drug-likeness (QED) is 0.841. The fourth-order valence-corrected chi connectivity index (χ4v) is 3.77. The van der Waals surface area contributed by atoms with Crippen molar-refractivity contribution in [2.24, 2.45) is 0 Å². The number of aliphatic hydroxyl groups is 1. The van der Waals surface area contributed by atoms with Crippen molar-refractivity contribution in [3.8, 4) is 11.5 Å². The van der Waals surface area contributed by atoms with Crippen molar-refractivity contribution >= 4 is 10.0 Å². The van der Waals surface area contributed by atoms with E-state index in [1.807, 2.05) is 0 Å². The second-order valence-corrected chi connectivity index (χ2v) is 6.55. The molecule has 7 heteroatoms. The van der Waals surface area contributed by atoms with Crippen LogP contribution >= 0.6 is 0 Å². The number of benzene rings is 1. The van der Waals surface area contributed by atoms with Gasteiger partial charge in [-0.25, -0.2) is 8.42 Å². The zero-order valence-corrected chi connectivity index (χ0v) is 11.1. The van der Waals surface area contributed by atoms with Gasteiger partial charge in [0.2, 0.25) is 10.0 Å². The zero-order valence-electron chi connectivity index (χ0n) is 10.3. The Bertz CT molecular complexity index is 586. The first-order valence-corrected chi connectivity index (χ1v) is 7.59. The number of nitrogens with zero attached hydrogens (tertiary/aromatic N) is 1. The number of β-amino-alcohol motifs (C(OH)–C–C–N with tert-alkyl or cyclic N) is 1. The van der Waals surface area contributed by atoms with Crippen molar-refractivity contribution in [2.75, 3.05) is 26.3 Å². The normalized spacial score (nSPS) is 23.5. The fraction of sp³-hybridized carbons (Fsp3) is 0.500. The Hall–Kier alpha value is -1.31. The lowest BCUT2D eigenvalue weighted by atomic mass is 10.3. The van der Waals surface area contributed by atoms with Crippen molar-refractivity contribution < 1.29 is 23.0 Å². The predicted molar refractivity (Wildman–Crippen MR) is 66.8 cm³/mol. The number of ether oxygens (including phenoxy) is 2. The maximum Gasteiger partial charge on any atom is 0.243 e. The van der Waals surface area contributed by atoms with Crippen LogP contribution in [0.1, 0.15) is 6.42 Å². The zero-order chi connectivity index (χ0) is 13.5. The van der Waals surface area contributed by atoms with Crippen molar-refractivity contribution in [3.63, 3.8) is 0 Å². The number of sulfonamides is 1. The van der Waals surface area contributed by atoms with Gasteiger partial charge in [0.05, 0.1) is 11.0 Å². The summed E-state index contributed by atoms with van der Waals surface area (Å²) in [5.41, 5.74) is 0. The summed E-state index contributed by atoms with van der Waals surface area (Å²) in [4.78, 5) is 0.172. The number of fused-ring (bicyclic) bond motifs is 1. The van der Waals surface area contributed by atoms with Crippen LogP contribution in [0.2, 0.25) is 0 Å². The summed E-state index contributed by atoms with van der Waals surface area (Å²) in [6, 6.07) is 4.59. The average molecular weight is 285 g/mol. The molecule has 0 radical (unpaired) electrons.